The van der Waals surface area contributed by atoms with Crippen LogP contribution in [-0.4, -0.2) is 58.7 Å². The molecule has 1 fully saturated rings. The highest BCUT2D eigenvalue weighted by molar-refractivity contribution is 14.1. The van der Waals surface area contributed by atoms with Gasteiger partial charge in [-0.3, -0.25) is 14.5 Å². The predicted molar refractivity (Wildman–Crippen MR) is 188 cm³/mol. The highest BCUT2D eigenvalue weighted by Gasteiger charge is 2.39. The van der Waals surface area contributed by atoms with Gasteiger partial charge in [-0.25, -0.2) is 0 Å². The van der Waals surface area contributed by atoms with Crippen LogP contribution in [0.1, 0.15) is 31.7 Å². The quantitative estimate of drug-likeness (QED) is 0.0927. The van der Waals surface area contributed by atoms with Crippen molar-refractivity contribution in [2.75, 3.05) is 26.2 Å². The second-order valence-electron chi connectivity index (χ2n) is 11.4. The molecule has 244 valence electrons. The average molecular weight is 772 g/mol. The van der Waals surface area contributed by atoms with Crippen molar-refractivity contribution in [1.29, 1.82) is 0 Å². The second kappa shape index (κ2) is 16.0. The third-order valence-corrected chi connectivity index (χ3v) is 9.77. The first-order valence-electron chi connectivity index (χ1n) is 15.2. The molecule has 4 aromatic carbocycles. The highest BCUT2D eigenvalue weighted by Crippen LogP contribution is 2.34. The monoisotopic (exact) mass is 771 g/mol. The maximum atomic E-state index is 14.5. The fraction of sp³-hybridized carbons (Fsp3) is 0.243. The molecule has 1 aliphatic rings. The molecule has 0 bridgehead atoms. The van der Waals surface area contributed by atoms with E-state index in [1.807, 2.05) is 65.6 Å². The van der Waals surface area contributed by atoms with Crippen LogP contribution >= 0.6 is 34.2 Å². The van der Waals surface area contributed by atoms with Crippen LogP contribution in [0.25, 0.3) is 6.08 Å². The highest BCUT2D eigenvalue weighted by atomic mass is 127. The van der Waals surface area contributed by atoms with Crippen LogP contribution in [0, 0.1) is 0 Å². The Morgan fingerprint density at radius 3 is 2.00 bits per heavy atom. The summed E-state index contributed by atoms with van der Waals surface area (Å²) < 4.78 is 38.9. The standard InChI is InChI=1S/C37H34ClF3IN3O2/c38-32-18-13-29(14-19-32)26-45(33(46)20-15-27-11-16-31(17-12-27)37(39,40)41)35(34(42)30-9-5-2-6-10-30)36(47)44-23-21-43(22-24-44)25-28-7-3-1-4-8-28/h1-20,34-35H,21-26H2/t34?,35-/m1/s1. The molecule has 0 N–H and O–H groups in total. The van der Waals surface area contributed by atoms with Crippen LogP contribution in [-0.2, 0) is 28.9 Å². The first-order valence-corrected chi connectivity index (χ1v) is 16.9. The first kappa shape index (κ1) is 34.7. The molecule has 2 amide bonds. The van der Waals surface area contributed by atoms with E-state index < -0.39 is 23.7 Å². The second-order valence-corrected chi connectivity index (χ2v) is 13.2. The normalized spacial score (nSPS) is 15.4. The largest absolute Gasteiger partial charge is 0.416 e. The van der Waals surface area contributed by atoms with E-state index >= 15 is 0 Å². The summed E-state index contributed by atoms with van der Waals surface area (Å²) in [5, 5.41) is 0.547. The molecule has 5 nitrogen and oxygen atoms in total. The minimum atomic E-state index is -4.46. The number of benzene rings is 4. The maximum Gasteiger partial charge on any atom is 0.416 e. The predicted octanol–water partition coefficient (Wildman–Crippen LogP) is 8.29. The van der Waals surface area contributed by atoms with Crippen LogP contribution in [0.15, 0.2) is 115 Å². The number of nitrogens with zero attached hydrogens (tertiary/aromatic N) is 3. The van der Waals surface area contributed by atoms with E-state index in [2.05, 4.69) is 39.6 Å². The molecule has 1 aliphatic heterocycles. The van der Waals surface area contributed by atoms with Crippen LogP contribution in [0.5, 0.6) is 0 Å². The van der Waals surface area contributed by atoms with Gasteiger partial charge in [0, 0.05) is 50.4 Å². The van der Waals surface area contributed by atoms with Gasteiger partial charge in [-0.1, -0.05) is 119 Å². The molecular weight excluding hydrogens is 738 g/mol. The molecule has 47 heavy (non-hydrogen) atoms. The fourth-order valence-electron chi connectivity index (χ4n) is 5.54. The fourth-order valence-corrected chi connectivity index (χ4v) is 6.77. The number of rotatable bonds is 10. The zero-order valence-electron chi connectivity index (χ0n) is 25.5. The number of hydrogen-bond acceptors (Lipinski definition) is 3. The summed E-state index contributed by atoms with van der Waals surface area (Å²) in [7, 11) is 0. The van der Waals surface area contributed by atoms with Gasteiger partial charge in [0.2, 0.25) is 11.8 Å². The molecule has 1 unspecified atom stereocenters. The summed E-state index contributed by atoms with van der Waals surface area (Å²) in [6.45, 7) is 3.35. The number of carbonyl (C=O) groups is 2. The number of hydrogen-bond donors (Lipinski definition) is 0. The summed E-state index contributed by atoms with van der Waals surface area (Å²) in [4.78, 5) is 34.3. The lowest BCUT2D eigenvalue weighted by molar-refractivity contribution is -0.145. The number of halogens is 5. The molecule has 10 heteroatoms. The molecule has 0 radical (unpaired) electrons. The van der Waals surface area contributed by atoms with E-state index in [9.17, 15) is 22.8 Å². The molecule has 4 aromatic rings. The van der Waals surface area contributed by atoms with Crippen molar-refractivity contribution in [1.82, 2.24) is 14.7 Å². The summed E-state index contributed by atoms with van der Waals surface area (Å²) in [5.74, 6) is -0.587. The zero-order valence-corrected chi connectivity index (χ0v) is 28.4. The van der Waals surface area contributed by atoms with Crippen molar-refractivity contribution in [3.63, 3.8) is 0 Å². The molecule has 5 rings (SSSR count). The lowest BCUT2D eigenvalue weighted by atomic mass is 10.0. The molecule has 0 aliphatic carbocycles. The van der Waals surface area contributed by atoms with E-state index in [4.69, 9.17) is 11.6 Å². The molecular formula is C37H34ClF3IN3O2. The van der Waals surface area contributed by atoms with Crippen molar-refractivity contribution in [2.45, 2.75) is 29.2 Å². The smallest absolute Gasteiger partial charge is 0.338 e. The summed E-state index contributed by atoms with van der Waals surface area (Å²) >= 11 is 8.39. The molecule has 1 heterocycles. The zero-order chi connectivity index (χ0) is 33.4. The Balaban J connectivity index is 1.43. The van der Waals surface area contributed by atoms with Gasteiger partial charge in [0.1, 0.15) is 6.04 Å². The Kier molecular flexibility index (Phi) is 11.8. The number of alkyl halides is 4. The van der Waals surface area contributed by atoms with Crippen molar-refractivity contribution < 1.29 is 22.8 Å². The summed E-state index contributed by atoms with van der Waals surface area (Å²) in [5.41, 5.74) is 2.56. The van der Waals surface area contributed by atoms with Crippen molar-refractivity contribution in [2.24, 2.45) is 0 Å². The maximum absolute atomic E-state index is 14.5. The Bertz CT molecular complexity index is 1640. The van der Waals surface area contributed by atoms with Gasteiger partial charge in [0.25, 0.3) is 0 Å². The van der Waals surface area contributed by atoms with Gasteiger partial charge in [0.15, 0.2) is 0 Å². The Hall–Kier alpha value is -3.67. The average Bonchev–Trinajstić information content (AvgIpc) is 3.08. The third-order valence-electron chi connectivity index (χ3n) is 8.12. The Morgan fingerprint density at radius 1 is 0.809 bits per heavy atom. The molecule has 0 saturated carbocycles. The summed E-state index contributed by atoms with van der Waals surface area (Å²) in [6.07, 6.45) is -1.66. The van der Waals surface area contributed by atoms with E-state index in [0.29, 0.717) is 36.8 Å². The lowest BCUT2D eigenvalue weighted by Gasteiger charge is -2.40. The van der Waals surface area contributed by atoms with Gasteiger partial charge in [0.05, 0.1) is 9.49 Å². The third kappa shape index (κ3) is 9.46. The van der Waals surface area contributed by atoms with Gasteiger partial charge in [-0.2, -0.15) is 13.2 Å². The van der Waals surface area contributed by atoms with Crippen molar-refractivity contribution in [3.05, 3.63) is 148 Å². The molecule has 0 aromatic heterocycles. The minimum absolute atomic E-state index is 0.129. The van der Waals surface area contributed by atoms with Crippen LogP contribution in [0.3, 0.4) is 0 Å². The van der Waals surface area contributed by atoms with Crippen molar-refractivity contribution in [3.8, 4) is 0 Å². The number of carbonyl (C=O) groups excluding carboxylic acids is 2. The first-order chi connectivity index (χ1) is 22.6. The SMILES string of the molecule is O=C([C@@H](C(I)c1ccccc1)N(Cc1ccc(Cl)cc1)C(=O)C=Cc1ccc(C(F)(F)F)cc1)N1CCN(Cc2ccccc2)CC1. The van der Waals surface area contributed by atoms with E-state index in [1.54, 1.807) is 17.0 Å². The Morgan fingerprint density at radius 2 is 1.40 bits per heavy atom. The molecule has 0 spiro atoms. The summed E-state index contributed by atoms with van der Waals surface area (Å²) in [6, 6.07) is 30.6. The van der Waals surface area contributed by atoms with Crippen molar-refractivity contribution >= 4 is 52.1 Å². The lowest BCUT2D eigenvalue weighted by Crippen LogP contribution is -2.56. The van der Waals surface area contributed by atoms with Gasteiger partial charge < -0.3 is 9.80 Å². The van der Waals surface area contributed by atoms with E-state index in [1.165, 1.54) is 29.8 Å². The van der Waals surface area contributed by atoms with Crippen LogP contribution < -0.4 is 0 Å². The van der Waals surface area contributed by atoms with E-state index in [0.717, 1.165) is 29.8 Å². The topological polar surface area (TPSA) is 43.9 Å². The van der Waals surface area contributed by atoms with Gasteiger partial charge in [-0.05, 0) is 52.6 Å². The number of piperazine rings is 1. The minimum Gasteiger partial charge on any atom is -0.338 e. The number of amides is 2. The molecule has 1 saturated heterocycles. The molecule has 2 atom stereocenters. The van der Waals surface area contributed by atoms with Crippen LogP contribution in [0.4, 0.5) is 13.2 Å². The van der Waals surface area contributed by atoms with Crippen LogP contribution in [0.2, 0.25) is 5.02 Å². The van der Waals surface area contributed by atoms with E-state index in [-0.39, 0.29) is 16.4 Å². The van der Waals surface area contributed by atoms with Gasteiger partial charge in [-0.15, -0.1) is 0 Å². The Labute approximate surface area is 291 Å². The van der Waals surface area contributed by atoms with Gasteiger partial charge >= 0.3 is 6.18 Å².